The maximum atomic E-state index is 4.84. The van der Waals surface area contributed by atoms with Gasteiger partial charge in [0.1, 0.15) is 5.69 Å². The highest BCUT2D eigenvalue weighted by atomic mass is 15.2. The van der Waals surface area contributed by atoms with E-state index in [0.717, 1.165) is 11.3 Å². The van der Waals surface area contributed by atoms with Gasteiger partial charge in [0.05, 0.1) is 5.52 Å². The zero-order chi connectivity index (χ0) is 14.9. The highest BCUT2D eigenvalue weighted by Crippen LogP contribution is 2.36. The van der Waals surface area contributed by atoms with E-state index in [-0.39, 0.29) is 0 Å². The largest absolute Gasteiger partial charge is 0.239 e. The van der Waals surface area contributed by atoms with E-state index in [1.54, 1.807) is 0 Å². The van der Waals surface area contributed by atoms with Crippen molar-refractivity contribution in [3.63, 3.8) is 0 Å². The van der Waals surface area contributed by atoms with E-state index in [2.05, 4.69) is 61.5 Å². The predicted molar refractivity (Wildman–Crippen MR) is 90.8 cm³/mol. The van der Waals surface area contributed by atoms with Gasteiger partial charge in [-0.1, -0.05) is 66.7 Å². The summed E-state index contributed by atoms with van der Waals surface area (Å²) < 4.78 is 1.99. The van der Waals surface area contributed by atoms with Gasteiger partial charge in [0, 0.05) is 17.3 Å². The summed E-state index contributed by atoms with van der Waals surface area (Å²) in [6, 6.07) is 25.0. The monoisotopic (exact) mass is 284 g/mol. The Morgan fingerprint density at radius 3 is 2.05 bits per heavy atom. The van der Waals surface area contributed by atoms with Crippen molar-refractivity contribution in [2.24, 2.45) is 0 Å². The number of pyridine rings is 1. The number of benzene rings is 2. The van der Waals surface area contributed by atoms with Crippen LogP contribution in [0.4, 0.5) is 0 Å². The maximum Gasteiger partial charge on any atom is 0.101 e. The van der Waals surface area contributed by atoms with Gasteiger partial charge >= 0.3 is 0 Å². The average Bonchev–Trinajstić information content (AvgIpc) is 2.97. The summed E-state index contributed by atoms with van der Waals surface area (Å²) in [4.78, 5) is 0. The molecule has 2 heterocycles. The van der Waals surface area contributed by atoms with Crippen molar-refractivity contribution in [3.05, 3.63) is 84.6 Å². The average molecular weight is 284 g/mol. The Kier molecular flexibility index (Phi) is 3.01. The first-order valence-corrected chi connectivity index (χ1v) is 7.43. The minimum absolute atomic E-state index is 1.03. The van der Waals surface area contributed by atoms with Crippen LogP contribution >= 0.6 is 0 Å². The molecule has 0 unspecified atom stereocenters. The molecule has 2 aromatic carbocycles. The molecule has 4 aromatic rings. The zero-order valence-electron chi connectivity index (χ0n) is 12.4. The normalized spacial score (nSPS) is 11.0. The number of aryl methyl sites for hydroxylation is 1. The Labute approximate surface area is 129 Å². The third-order valence-corrected chi connectivity index (χ3v) is 3.97. The van der Waals surface area contributed by atoms with Gasteiger partial charge in [0.25, 0.3) is 0 Å². The Bertz CT molecular complexity index is 922. The third kappa shape index (κ3) is 2.01. The highest BCUT2D eigenvalue weighted by Gasteiger charge is 2.17. The van der Waals surface area contributed by atoms with Gasteiger partial charge in [-0.2, -0.15) is 5.10 Å². The van der Waals surface area contributed by atoms with Crippen LogP contribution in [0.15, 0.2) is 79.0 Å². The molecule has 22 heavy (non-hydrogen) atoms. The molecule has 0 N–H and O–H groups in total. The number of nitrogens with zero attached hydrogens (tertiary/aromatic N) is 2. The number of rotatable bonds is 2. The van der Waals surface area contributed by atoms with Crippen LogP contribution in [0, 0.1) is 6.92 Å². The Morgan fingerprint density at radius 1 is 0.727 bits per heavy atom. The molecule has 0 atom stereocenters. The van der Waals surface area contributed by atoms with Crippen LogP contribution in [-0.2, 0) is 0 Å². The van der Waals surface area contributed by atoms with Gasteiger partial charge in [0.2, 0.25) is 0 Å². The number of aromatic nitrogens is 2. The van der Waals surface area contributed by atoms with E-state index < -0.39 is 0 Å². The molecule has 4 rings (SSSR count). The lowest BCUT2D eigenvalue weighted by Crippen LogP contribution is -1.88. The van der Waals surface area contributed by atoms with Gasteiger partial charge in [-0.15, -0.1) is 0 Å². The molecule has 106 valence electrons. The van der Waals surface area contributed by atoms with Gasteiger partial charge in [-0.3, -0.25) is 0 Å². The van der Waals surface area contributed by atoms with Crippen LogP contribution in [0.25, 0.3) is 27.9 Å². The Hall–Kier alpha value is -2.87. The van der Waals surface area contributed by atoms with Crippen molar-refractivity contribution in [1.29, 1.82) is 0 Å². The molecular weight excluding hydrogens is 268 g/mol. The first kappa shape index (κ1) is 12.8. The van der Waals surface area contributed by atoms with Crippen molar-refractivity contribution in [1.82, 2.24) is 9.61 Å². The van der Waals surface area contributed by atoms with Crippen LogP contribution < -0.4 is 0 Å². The smallest absolute Gasteiger partial charge is 0.101 e. The first-order chi connectivity index (χ1) is 10.8. The second-order valence-electron chi connectivity index (χ2n) is 5.44. The van der Waals surface area contributed by atoms with Crippen molar-refractivity contribution >= 4 is 5.52 Å². The summed E-state index contributed by atoms with van der Waals surface area (Å²) in [6.45, 7) is 2.14. The lowest BCUT2D eigenvalue weighted by Gasteiger charge is -2.05. The van der Waals surface area contributed by atoms with E-state index in [4.69, 9.17) is 5.10 Å². The summed E-state index contributed by atoms with van der Waals surface area (Å²) in [5, 5.41) is 4.84. The van der Waals surface area contributed by atoms with Gasteiger partial charge in [-0.25, -0.2) is 4.52 Å². The molecule has 0 aliphatic carbocycles. The standard InChI is InChI=1S/C20H16N2/c1-15-9-8-14-22-20(15)18(16-10-4-2-5-11-16)19(21-22)17-12-6-3-7-13-17/h2-14H,1H3. The van der Waals surface area contributed by atoms with Gasteiger partial charge in [0.15, 0.2) is 0 Å². The lowest BCUT2D eigenvalue weighted by atomic mass is 9.98. The van der Waals surface area contributed by atoms with Crippen molar-refractivity contribution in [3.8, 4) is 22.4 Å². The fourth-order valence-corrected chi connectivity index (χ4v) is 2.94. The molecule has 0 bridgehead atoms. The topological polar surface area (TPSA) is 17.3 Å². The van der Waals surface area contributed by atoms with Crippen molar-refractivity contribution in [2.75, 3.05) is 0 Å². The third-order valence-electron chi connectivity index (χ3n) is 3.97. The number of hydrogen-bond donors (Lipinski definition) is 0. The van der Waals surface area contributed by atoms with E-state index in [9.17, 15) is 0 Å². The minimum Gasteiger partial charge on any atom is -0.239 e. The molecule has 0 saturated heterocycles. The quantitative estimate of drug-likeness (QED) is 0.507. The van der Waals surface area contributed by atoms with Crippen molar-refractivity contribution in [2.45, 2.75) is 6.92 Å². The highest BCUT2D eigenvalue weighted by molar-refractivity contribution is 5.93. The summed E-state index contributed by atoms with van der Waals surface area (Å²) in [5.74, 6) is 0. The molecule has 2 heteroatoms. The molecule has 0 saturated carbocycles. The summed E-state index contributed by atoms with van der Waals surface area (Å²) in [6.07, 6.45) is 2.02. The molecule has 2 aromatic heterocycles. The SMILES string of the molecule is Cc1cccn2nc(-c3ccccc3)c(-c3ccccc3)c12. The Balaban J connectivity index is 2.11. The van der Waals surface area contributed by atoms with Crippen LogP contribution in [0.1, 0.15) is 5.56 Å². The lowest BCUT2D eigenvalue weighted by molar-refractivity contribution is 0.960. The fraction of sp³-hybridized carbons (Fsp3) is 0.0500. The molecule has 0 aliphatic rings. The van der Waals surface area contributed by atoms with E-state index in [0.29, 0.717) is 0 Å². The molecule has 0 spiro atoms. The summed E-state index contributed by atoms with van der Waals surface area (Å²) in [5.41, 5.74) is 6.98. The second kappa shape index (κ2) is 5.15. The molecule has 0 aliphatic heterocycles. The fourth-order valence-electron chi connectivity index (χ4n) is 2.94. The summed E-state index contributed by atoms with van der Waals surface area (Å²) in [7, 11) is 0. The minimum atomic E-state index is 1.03. The first-order valence-electron chi connectivity index (χ1n) is 7.43. The van der Waals surface area contributed by atoms with Gasteiger partial charge in [-0.05, 0) is 24.1 Å². The van der Waals surface area contributed by atoms with Gasteiger partial charge < -0.3 is 0 Å². The van der Waals surface area contributed by atoms with Crippen LogP contribution in [-0.4, -0.2) is 9.61 Å². The molecular formula is C20H16N2. The summed E-state index contributed by atoms with van der Waals surface area (Å²) >= 11 is 0. The number of fused-ring (bicyclic) bond motifs is 1. The van der Waals surface area contributed by atoms with Crippen LogP contribution in [0.2, 0.25) is 0 Å². The van der Waals surface area contributed by atoms with Crippen LogP contribution in [0.3, 0.4) is 0 Å². The molecule has 0 amide bonds. The second-order valence-corrected chi connectivity index (χ2v) is 5.44. The van der Waals surface area contributed by atoms with E-state index in [1.807, 2.05) is 28.9 Å². The maximum absolute atomic E-state index is 4.84. The van der Waals surface area contributed by atoms with Crippen molar-refractivity contribution < 1.29 is 0 Å². The van der Waals surface area contributed by atoms with Crippen LogP contribution in [0.5, 0.6) is 0 Å². The van der Waals surface area contributed by atoms with E-state index in [1.165, 1.54) is 22.2 Å². The Morgan fingerprint density at radius 2 is 1.36 bits per heavy atom. The molecule has 0 radical (unpaired) electrons. The number of hydrogen-bond acceptors (Lipinski definition) is 1. The zero-order valence-corrected chi connectivity index (χ0v) is 12.4. The molecule has 0 fully saturated rings. The van der Waals surface area contributed by atoms with E-state index >= 15 is 0 Å². The predicted octanol–water partition coefficient (Wildman–Crippen LogP) is 4.98. The molecule has 2 nitrogen and oxygen atoms in total.